The van der Waals surface area contributed by atoms with E-state index in [1.54, 1.807) is 0 Å². The van der Waals surface area contributed by atoms with Gasteiger partial charge in [-0.25, -0.2) is 10.9 Å². The second-order valence-electron chi connectivity index (χ2n) is 5.22. The van der Waals surface area contributed by atoms with Crippen LogP contribution >= 0.6 is 23.2 Å². The number of rotatable bonds is 3. The summed E-state index contributed by atoms with van der Waals surface area (Å²) in [6.07, 6.45) is 0.942. The molecule has 18 heavy (non-hydrogen) atoms. The zero-order chi connectivity index (χ0) is 13.3. The molecule has 1 aliphatic rings. The normalized spacial score (nSPS) is 28.0. The Hall–Kier alpha value is -0.320. The third-order valence-electron chi connectivity index (χ3n) is 3.35. The molecule has 3 atom stereocenters. The standard InChI is InChI=1S/C13H19Cl2N3/c1-7(2)6-8-12(17-18-13(8)16)11-9(14)4-3-5-10(11)15/h3-5,7-8,12-13,17-18H,6,16H2,1-2H3. The van der Waals surface area contributed by atoms with Crippen LogP contribution in [0.1, 0.15) is 31.9 Å². The van der Waals surface area contributed by atoms with Gasteiger partial charge in [0.05, 0.1) is 12.2 Å². The first-order chi connectivity index (χ1) is 8.50. The van der Waals surface area contributed by atoms with Gasteiger partial charge in [-0.2, -0.15) is 0 Å². The fraction of sp³-hybridized carbons (Fsp3) is 0.538. The molecular weight excluding hydrogens is 269 g/mol. The molecule has 1 aromatic rings. The van der Waals surface area contributed by atoms with Gasteiger partial charge in [0.15, 0.2) is 0 Å². The van der Waals surface area contributed by atoms with E-state index in [4.69, 9.17) is 28.9 Å². The van der Waals surface area contributed by atoms with Gasteiger partial charge < -0.3 is 5.73 Å². The molecule has 0 radical (unpaired) electrons. The highest BCUT2D eigenvalue weighted by molar-refractivity contribution is 6.36. The van der Waals surface area contributed by atoms with E-state index in [-0.39, 0.29) is 18.1 Å². The SMILES string of the molecule is CC(C)CC1C(N)NNC1c1c(Cl)cccc1Cl. The Balaban J connectivity index is 2.31. The topological polar surface area (TPSA) is 50.1 Å². The number of nitrogens with one attached hydrogen (secondary N) is 2. The Labute approximate surface area is 118 Å². The largest absolute Gasteiger partial charge is 0.315 e. The Kier molecular flexibility index (Phi) is 4.51. The van der Waals surface area contributed by atoms with Crippen molar-refractivity contribution in [3.8, 4) is 0 Å². The molecule has 0 aliphatic carbocycles. The van der Waals surface area contributed by atoms with E-state index in [1.165, 1.54) is 0 Å². The summed E-state index contributed by atoms with van der Waals surface area (Å²) in [5.74, 6) is 0.855. The molecule has 4 N–H and O–H groups in total. The minimum absolute atomic E-state index is 0.0589. The monoisotopic (exact) mass is 287 g/mol. The molecule has 0 saturated carbocycles. The van der Waals surface area contributed by atoms with Crippen molar-refractivity contribution in [3.63, 3.8) is 0 Å². The molecule has 3 nitrogen and oxygen atoms in total. The summed E-state index contributed by atoms with van der Waals surface area (Å²) in [6.45, 7) is 4.38. The van der Waals surface area contributed by atoms with E-state index in [2.05, 4.69) is 24.7 Å². The molecule has 2 rings (SSSR count). The summed E-state index contributed by atoms with van der Waals surface area (Å²) >= 11 is 12.5. The van der Waals surface area contributed by atoms with Crippen LogP contribution in [0.5, 0.6) is 0 Å². The van der Waals surface area contributed by atoms with Crippen molar-refractivity contribution >= 4 is 23.2 Å². The highest BCUT2D eigenvalue weighted by Gasteiger charge is 2.36. The number of halogens is 2. The van der Waals surface area contributed by atoms with Gasteiger partial charge in [-0.1, -0.05) is 43.1 Å². The molecule has 0 bridgehead atoms. The Morgan fingerprint density at radius 3 is 2.39 bits per heavy atom. The minimum Gasteiger partial charge on any atom is -0.315 e. The predicted molar refractivity (Wildman–Crippen MR) is 76.4 cm³/mol. The Morgan fingerprint density at radius 1 is 1.22 bits per heavy atom. The van der Waals surface area contributed by atoms with Crippen molar-refractivity contribution < 1.29 is 0 Å². The third-order valence-corrected chi connectivity index (χ3v) is 4.01. The molecule has 0 aromatic heterocycles. The molecule has 1 aromatic carbocycles. The molecule has 1 heterocycles. The van der Waals surface area contributed by atoms with Crippen LogP contribution in [-0.2, 0) is 0 Å². The van der Waals surface area contributed by atoms with Crippen LogP contribution in [0.3, 0.4) is 0 Å². The molecule has 0 spiro atoms. The summed E-state index contributed by atoms with van der Waals surface area (Å²) in [7, 11) is 0. The first-order valence-electron chi connectivity index (χ1n) is 6.21. The van der Waals surface area contributed by atoms with E-state index < -0.39 is 0 Å². The summed E-state index contributed by atoms with van der Waals surface area (Å²) < 4.78 is 0. The average Bonchev–Trinajstić information content (AvgIpc) is 2.61. The second kappa shape index (κ2) is 5.76. The van der Waals surface area contributed by atoms with E-state index in [0.29, 0.717) is 16.0 Å². The Morgan fingerprint density at radius 2 is 1.83 bits per heavy atom. The van der Waals surface area contributed by atoms with Gasteiger partial charge in [-0.15, -0.1) is 0 Å². The molecule has 1 fully saturated rings. The highest BCUT2D eigenvalue weighted by Crippen LogP contribution is 2.38. The molecule has 5 heteroatoms. The number of nitrogens with two attached hydrogens (primary N) is 1. The van der Waals surface area contributed by atoms with E-state index in [1.807, 2.05) is 18.2 Å². The fourth-order valence-corrected chi connectivity index (χ4v) is 3.16. The maximum Gasteiger partial charge on any atom is 0.0726 e. The van der Waals surface area contributed by atoms with Gasteiger partial charge in [-0.05, 0) is 24.5 Å². The predicted octanol–water partition coefficient (Wildman–Crippen LogP) is 3.09. The van der Waals surface area contributed by atoms with Gasteiger partial charge in [0.1, 0.15) is 0 Å². The van der Waals surface area contributed by atoms with Gasteiger partial charge in [-0.3, -0.25) is 0 Å². The molecular formula is C13H19Cl2N3. The maximum absolute atomic E-state index is 6.27. The quantitative estimate of drug-likeness (QED) is 0.801. The lowest BCUT2D eigenvalue weighted by molar-refractivity contribution is 0.344. The number of benzene rings is 1. The minimum atomic E-state index is -0.0789. The molecule has 0 amide bonds. The van der Waals surface area contributed by atoms with Gasteiger partial charge in [0.2, 0.25) is 0 Å². The lowest BCUT2D eigenvalue weighted by atomic mass is 9.86. The molecule has 1 aliphatic heterocycles. The van der Waals surface area contributed by atoms with E-state index in [9.17, 15) is 0 Å². The lowest BCUT2D eigenvalue weighted by Gasteiger charge is -2.24. The smallest absolute Gasteiger partial charge is 0.0726 e. The Bertz CT molecular complexity index is 402. The van der Waals surface area contributed by atoms with Crippen LogP contribution in [0.25, 0.3) is 0 Å². The van der Waals surface area contributed by atoms with Crippen LogP contribution in [0.2, 0.25) is 10.0 Å². The second-order valence-corrected chi connectivity index (χ2v) is 6.04. The molecule has 1 saturated heterocycles. The van der Waals surface area contributed by atoms with Crippen LogP contribution < -0.4 is 16.6 Å². The van der Waals surface area contributed by atoms with Crippen LogP contribution in [-0.4, -0.2) is 6.17 Å². The number of hydrazine groups is 1. The summed E-state index contributed by atoms with van der Waals surface area (Å²) in [5, 5.41) is 1.37. The van der Waals surface area contributed by atoms with Crippen LogP contribution in [0.15, 0.2) is 18.2 Å². The molecule has 100 valence electrons. The zero-order valence-corrected chi connectivity index (χ0v) is 12.1. The van der Waals surface area contributed by atoms with Crippen molar-refractivity contribution in [3.05, 3.63) is 33.8 Å². The van der Waals surface area contributed by atoms with Crippen LogP contribution in [0.4, 0.5) is 0 Å². The maximum atomic E-state index is 6.27. The van der Waals surface area contributed by atoms with E-state index in [0.717, 1.165) is 12.0 Å². The summed E-state index contributed by atoms with van der Waals surface area (Å²) in [6, 6.07) is 5.64. The summed E-state index contributed by atoms with van der Waals surface area (Å²) in [5.41, 5.74) is 13.3. The summed E-state index contributed by atoms with van der Waals surface area (Å²) in [4.78, 5) is 0. The highest BCUT2D eigenvalue weighted by atomic mass is 35.5. The van der Waals surface area contributed by atoms with Crippen molar-refractivity contribution in [2.75, 3.05) is 0 Å². The van der Waals surface area contributed by atoms with Crippen molar-refractivity contribution in [1.29, 1.82) is 0 Å². The first-order valence-corrected chi connectivity index (χ1v) is 6.97. The van der Waals surface area contributed by atoms with Crippen molar-refractivity contribution in [2.45, 2.75) is 32.5 Å². The number of hydrogen-bond donors (Lipinski definition) is 3. The van der Waals surface area contributed by atoms with Gasteiger partial charge in [0, 0.05) is 21.5 Å². The van der Waals surface area contributed by atoms with Crippen molar-refractivity contribution in [2.24, 2.45) is 17.6 Å². The number of hydrogen-bond acceptors (Lipinski definition) is 3. The zero-order valence-electron chi connectivity index (χ0n) is 10.6. The third kappa shape index (κ3) is 2.81. The lowest BCUT2D eigenvalue weighted by Crippen LogP contribution is -2.39. The van der Waals surface area contributed by atoms with Gasteiger partial charge >= 0.3 is 0 Å². The fourth-order valence-electron chi connectivity index (χ4n) is 2.53. The van der Waals surface area contributed by atoms with Gasteiger partial charge in [0.25, 0.3) is 0 Å². The van der Waals surface area contributed by atoms with Crippen LogP contribution in [0, 0.1) is 11.8 Å². The average molecular weight is 288 g/mol. The van der Waals surface area contributed by atoms with E-state index >= 15 is 0 Å². The first kappa shape index (κ1) is 14.1. The van der Waals surface area contributed by atoms with Crippen molar-refractivity contribution in [1.82, 2.24) is 10.9 Å². The molecule has 3 unspecified atom stereocenters.